The van der Waals surface area contributed by atoms with Crippen LogP contribution in [0.5, 0.6) is 5.75 Å². The highest BCUT2D eigenvalue weighted by molar-refractivity contribution is 6.04. The van der Waals surface area contributed by atoms with Crippen LogP contribution in [0.2, 0.25) is 0 Å². The van der Waals surface area contributed by atoms with Crippen molar-refractivity contribution in [1.29, 1.82) is 0 Å². The van der Waals surface area contributed by atoms with Gasteiger partial charge in [0.1, 0.15) is 12.3 Å². The molecule has 1 aliphatic heterocycles. The number of benzene rings is 2. The van der Waals surface area contributed by atoms with E-state index in [4.69, 9.17) is 9.47 Å². The third kappa shape index (κ3) is 5.44. The molecular formula is C23H25N5O4. The van der Waals surface area contributed by atoms with Gasteiger partial charge in [-0.3, -0.25) is 14.3 Å². The first-order valence-corrected chi connectivity index (χ1v) is 10.3. The summed E-state index contributed by atoms with van der Waals surface area (Å²) >= 11 is 0. The van der Waals surface area contributed by atoms with Crippen LogP contribution in [0.1, 0.15) is 10.4 Å². The molecule has 2 aromatic carbocycles. The van der Waals surface area contributed by atoms with E-state index < -0.39 is 0 Å². The molecule has 2 amide bonds. The smallest absolute Gasteiger partial charge is 0.255 e. The molecule has 2 heterocycles. The zero-order valence-electron chi connectivity index (χ0n) is 17.8. The second-order valence-corrected chi connectivity index (χ2v) is 7.30. The van der Waals surface area contributed by atoms with Gasteiger partial charge < -0.3 is 25.0 Å². The van der Waals surface area contributed by atoms with Crippen LogP contribution < -0.4 is 20.3 Å². The fourth-order valence-electron chi connectivity index (χ4n) is 3.39. The Balaban J connectivity index is 1.30. The van der Waals surface area contributed by atoms with Crippen LogP contribution in [0.3, 0.4) is 0 Å². The molecule has 1 saturated heterocycles. The zero-order valence-corrected chi connectivity index (χ0v) is 17.8. The molecule has 9 heteroatoms. The number of rotatable bonds is 7. The Morgan fingerprint density at radius 1 is 1.00 bits per heavy atom. The first-order chi connectivity index (χ1) is 15.6. The Morgan fingerprint density at radius 3 is 2.41 bits per heavy atom. The van der Waals surface area contributed by atoms with Gasteiger partial charge >= 0.3 is 0 Å². The molecule has 0 radical (unpaired) electrons. The van der Waals surface area contributed by atoms with Gasteiger partial charge in [-0.15, -0.1) is 0 Å². The lowest BCUT2D eigenvalue weighted by Gasteiger charge is -2.28. The van der Waals surface area contributed by atoms with Crippen molar-refractivity contribution in [3.8, 4) is 5.75 Å². The van der Waals surface area contributed by atoms with E-state index >= 15 is 0 Å². The Bertz CT molecular complexity index is 1060. The number of nitrogens with one attached hydrogen (secondary N) is 2. The number of methoxy groups -OCH3 is 1. The molecule has 1 fully saturated rings. The van der Waals surface area contributed by atoms with Gasteiger partial charge in [-0.1, -0.05) is 0 Å². The number of amides is 2. The second-order valence-electron chi connectivity index (χ2n) is 7.30. The van der Waals surface area contributed by atoms with Crippen molar-refractivity contribution in [2.24, 2.45) is 0 Å². The van der Waals surface area contributed by atoms with Gasteiger partial charge in [0.25, 0.3) is 5.91 Å². The van der Waals surface area contributed by atoms with E-state index in [0.717, 1.165) is 18.8 Å². The van der Waals surface area contributed by atoms with E-state index in [-0.39, 0.29) is 18.4 Å². The first kappa shape index (κ1) is 21.4. The number of anilines is 3. The quantitative estimate of drug-likeness (QED) is 0.592. The molecule has 166 valence electrons. The summed E-state index contributed by atoms with van der Waals surface area (Å²) in [5.41, 5.74) is 2.80. The van der Waals surface area contributed by atoms with Crippen molar-refractivity contribution in [2.75, 3.05) is 48.9 Å². The fourth-order valence-corrected chi connectivity index (χ4v) is 3.39. The average Bonchev–Trinajstić information content (AvgIpc) is 3.26. The first-order valence-electron chi connectivity index (χ1n) is 10.3. The molecule has 0 atom stereocenters. The molecule has 0 bridgehead atoms. The molecule has 1 aromatic heterocycles. The van der Waals surface area contributed by atoms with E-state index in [2.05, 4.69) is 20.6 Å². The molecule has 0 spiro atoms. The molecule has 3 aromatic rings. The number of hydrogen-bond acceptors (Lipinski definition) is 6. The van der Waals surface area contributed by atoms with Crippen molar-refractivity contribution < 1.29 is 19.1 Å². The fraction of sp³-hybridized carbons (Fsp3) is 0.261. The SMILES string of the molecule is COc1ccc(NC(=O)Cn2cc(NC(=O)c3ccc(N4CCOCC4)cc3)cn2)cc1. The highest BCUT2D eigenvalue weighted by Crippen LogP contribution is 2.18. The van der Waals surface area contributed by atoms with Crippen LogP contribution in [-0.2, 0) is 16.1 Å². The predicted octanol–water partition coefficient (Wildman–Crippen LogP) is 2.62. The van der Waals surface area contributed by atoms with Crippen LogP contribution in [-0.4, -0.2) is 55.0 Å². The highest BCUT2D eigenvalue weighted by Gasteiger charge is 2.13. The van der Waals surface area contributed by atoms with E-state index in [9.17, 15) is 9.59 Å². The van der Waals surface area contributed by atoms with Gasteiger partial charge in [0.15, 0.2) is 0 Å². The summed E-state index contributed by atoms with van der Waals surface area (Å²) in [6.45, 7) is 3.14. The van der Waals surface area contributed by atoms with Gasteiger partial charge in [-0.25, -0.2) is 0 Å². The summed E-state index contributed by atoms with van der Waals surface area (Å²) in [5, 5.41) is 9.76. The van der Waals surface area contributed by atoms with Crippen LogP contribution in [0.4, 0.5) is 17.1 Å². The maximum absolute atomic E-state index is 12.6. The summed E-state index contributed by atoms with van der Waals surface area (Å²) in [4.78, 5) is 27.0. The minimum atomic E-state index is -0.235. The van der Waals surface area contributed by atoms with Crippen molar-refractivity contribution in [1.82, 2.24) is 9.78 Å². The van der Waals surface area contributed by atoms with Crippen molar-refractivity contribution in [3.05, 3.63) is 66.5 Å². The van der Waals surface area contributed by atoms with Crippen LogP contribution >= 0.6 is 0 Å². The lowest BCUT2D eigenvalue weighted by Crippen LogP contribution is -2.36. The van der Waals surface area contributed by atoms with Gasteiger partial charge in [-0.05, 0) is 48.5 Å². The van der Waals surface area contributed by atoms with Crippen molar-refractivity contribution in [3.63, 3.8) is 0 Å². The third-order valence-corrected chi connectivity index (χ3v) is 5.08. The highest BCUT2D eigenvalue weighted by atomic mass is 16.5. The minimum Gasteiger partial charge on any atom is -0.497 e. The average molecular weight is 435 g/mol. The monoisotopic (exact) mass is 435 g/mol. The summed E-state index contributed by atoms with van der Waals surface area (Å²) in [5.74, 6) is 0.252. The largest absolute Gasteiger partial charge is 0.497 e. The summed E-state index contributed by atoms with van der Waals surface area (Å²) in [6.07, 6.45) is 3.13. The van der Waals surface area contributed by atoms with Gasteiger partial charge in [0.05, 0.1) is 32.2 Å². The van der Waals surface area contributed by atoms with E-state index in [1.807, 2.05) is 12.1 Å². The van der Waals surface area contributed by atoms with Crippen LogP contribution in [0.15, 0.2) is 60.9 Å². The number of carbonyl (C=O) groups excluding carboxylic acids is 2. The molecule has 4 rings (SSSR count). The number of nitrogens with zero attached hydrogens (tertiary/aromatic N) is 3. The van der Waals surface area contributed by atoms with Gasteiger partial charge in [0, 0.05) is 36.2 Å². The number of hydrogen-bond donors (Lipinski definition) is 2. The molecule has 0 saturated carbocycles. The Kier molecular flexibility index (Phi) is 6.66. The topological polar surface area (TPSA) is 97.7 Å². The summed E-state index contributed by atoms with van der Waals surface area (Å²) in [6, 6.07) is 14.5. The van der Waals surface area contributed by atoms with E-state index in [1.54, 1.807) is 49.7 Å². The van der Waals surface area contributed by atoms with Crippen LogP contribution in [0, 0.1) is 0 Å². The molecule has 32 heavy (non-hydrogen) atoms. The number of aromatic nitrogens is 2. The summed E-state index contributed by atoms with van der Waals surface area (Å²) in [7, 11) is 1.59. The lowest BCUT2D eigenvalue weighted by molar-refractivity contribution is -0.116. The van der Waals surface area contributed by atoms with E-state index in [0.29, 0.717) is 35.9 Å². The minimum absolute atomic E-state index is 0.0240. The maximum atomic E-state index is 12.6. The Morgan fingerprint density at radius 2 is 1.72 bits per heavy atom. The number of carbonyl (C=O) groups is 2. The normalized spacial score (nSPS) is 13.5. The van der Waals surface area contributed by atoms with E-state index in [1.165, 1.54) is 10.9 Å². The second kappa shape index (κ2) is 9.97. The maximum Gasteiger partial charge on any atom is 0.255 e. The lowest BCUT2D eigenvalue weighted by atomic mass is 10.1. The van der Waals surface area contributed by atoms with Crippen LogP contribution in [0.25, 0.3) is 0 Å². The molecule has 0 unspecified atom stereocenters. The van der Waals surface area contributed by atoms with Crippen molar-refractivity contribution in [2.45, 2.75) is 6.54 Å². The molecule has 0 aliphatic carbocycles. The number of ether oxygens (including phenoxy) is 2. The molecule has 9 nitrogen and oxygen atoms in total. The molecule has 2 N–H and O–H groups in total. The predicted molar refractivity (Wildman–Crippen MR) is 121 cm³/mol. The van der Waals surface area contributed by atoms with Gasteiger partial charge in [-0.2, -0.15) is 5.10 Å². The molecular weight excluding hydrogens is 410 g/mol. The van der Waals surface area contributed by atoms with Crippen molar-refractivity contribution >= 4 is 28.9 Å². The molecule has 1 aliphatic rings. The van der Waals surface area contributed by atoms with Gasteiger partial charge in [0.2, 0.25) is 5.91 Å². The number of morpholine rings is 1. The Hall–Kier alpha value is -3.85. The summed E-state index contributed by atoms with van der Waals surface area (Å²) < 4.78 is 11.9. The Labute approximate surface area is 185 Å². The zero-order chi connectivity index (χ0) is 22.3. The standard InChI is InChI=1S/C23H25N5O4/c1-31-21-8-4-18(5-9-21)25-22(29)16-28-15-19(14-24-28)26-23(30)17-2-6-20(7-3-17)27-10-12-32-13-11-27/h2-9,14-15H,10-13,16H2,1H3,(H,25,29)(H,26,30). The third-order valence-electron chi connectivity index (χ3n) is 5.08.